The Labute approximate surface area is 109 Å². The lowest BCUT2D eigenvalue weighted by Crippen LogP contribution is -2.10. The molecular formula is C8H11Cl2N3O3S. The van der Waals surface area contributed by atoms with Gasteiger partial charge >= 0.3 is 0 Å². The predicted octanol–water partition coefficient (Wildman–Crippen LogP) is 1.56. The van der Waals surface area contributed by atoms with Crippen LogP contribution >= 0.6 is 23.2 Å². The third-order valence-corrected chi connectivity index (χ3v) is 2.55. The molecule has 0 atom stereocenters. The third-order valence-electron chi connectivity index (χ3n) is 1.59. The van der Waals surface area contributed by atoms with Gasteiger partial charge in [-0.1, -0.05) is 11.6 Å². The molecular weight excluding hydrogens is 289 g/mol. The van der Waals surface area contributed by atoms with E-state index >= 15 is 0 Å². The lowest BCUT2D eigenvalue weighted by Gasteiger charge is -2.05. The van der Waals surface area contributed by atoms with E-state index in [1.165, 1.54) is 6.07 Å². The van der Waals surface area contributed by atoms with E-state index in [4.69, 9.17) is 23.2 Å². The summed E-state index contributed by atoms with van der Waals surface area (Å²) < 4.78 is 25.9. The molecule has 1 heterocycles. The summed E-state index contributed by atoms with van der Waals surface area (Å²) in [7, 11) is -3.38. The van der Waals surface area contributed by atoms with E-state index < -0.39 is 10.1 Å². The largest absolute Gasteiger partial charge is 0.370 e. The molecule has 6 nitrogen and oxygen atoms in total. The molecule has 0 aliphatic carbocycles. The van der Waals surface area contributed by atoms with Crippen molar-refractivity contribution in [2.24, 2.45) is 0 Å². The number of hydrogen-bond donors (Lipinski definition) is 1. The summed E-state index contributed by atoms with van der Waals surface area (Å²) in [6.07, 6.45) is 1.51. The molecule has 1 N–H and O–H groups in total. The van der Waals surface area contributed by atoms with Crippen molar-refractivity contribution in [3.8, 4) is 0 Å². The van der Waals surface area contributed by atoms with Crippen LogP contribution in [0.4, 0.5) is 5.82 Å². The van der Waals surface area contributed by atoms with Crippen LogP contribution in [-0.4, -0.2) is 37.8 Å². The summed E-state index contributed by atoms with van der Waals surface area (Å²) in [4.78, 5) is 7.57. The van der Waals surface area contributed by atoms with Crippen molar-refractivity contribution < 1.29 is 12.6 Å². The first-order valence-electron chi connectivity index (χ1n) is 4.65. The zero-order valence-corrected chi connectivity index (χ0v) is 11.3. The van der Waals surface area contributed by atoms with Crippen molar-refractivity contribution in [3.63, 3.8) is 0 Å². The molecule has 1 rings (SSSR count). The standard InChI is InChI=1S/C8H11Cl2N3O3S/c1-17(14,15)16-4-2-3-11-7-5-6(9)12-8(10)13-7/h5H,2-4H2,1H3,(H,11,12,13). The monoisotopic (exact) mass is 299 g/mol. The van der Waals surface area contributed by atoms with Crippen molar-refractivity contribution >= 4 is 39.1 Å². The number of nitrogens with one attached hydrogen (secondary N) is 1. The molecule has 0 aliphatic heterocycles. The van der Waals surface area contributed by atoms with Crippen LogP contribution in [0.2, 0.25) is 10.4 Å². The van der Waals surface area contributed by atoms with Gasteiger partial charge in [-0.25, -0.2) is 9.97 Å². The topological polar surface area (TPSA) is 81.2 Å². The highest BCUT2D eigenvalue weighted by Gasteiger charge is 2.02. The van der Waals surface area contributed by atoms with Gasteiger partial charge in [0.1, 0.15) is 11.0 Å². The molecule has 9 heteroatoms. The van der Waals surface area contributed by atoms with Crippen LogP contribution in [-0.2, 0) is 14.3 Å². The molecule has 17 heavy (non-hydrogen) atoms. The summed E-state index contributed by atoms with van der Waals surface area (Å²) in [5.74, 6) is 0.481. The maximum atomic E-state index is 10.7. The highest BCUT2D eigenvalue weighted by Crippen LogP contribution is 2.14. The van der Waals surface area contributed by atoms with Crippen LogP contribution in [0, 0.1) is 0 Å². The van der Waals surface area contributed by atoms with Gasteiger partial charge in [0.15, 0.2) is 0 Å². The number of nitrogens with zero attached hydrogens (tertiary/aromatic N) is 2. The van der Waals surface area contributed by atoms with Gasteiger partial charge in [0.05, 0.1) is 12.9 Å². The molecule has 0 unspecified atom stereocenters. The van der Waals surface area contributed by atoms with Gasteiger partial charge in [-0.2, -0.15) is 8.42 Å². The minimum atomic E-state index is -3.38. The van der Waals surface area contributed by atoms with E-state index in [9.17, 15) is 8.42 Å². The lowest BCUT2D eigenvalue weighted by molar-refractivity contribution is 0.319. The Morgan fingerprint density at radius 2 is 2.12 bits per heavy atom. The normalized spacial score (nSPS) is 11.5. The van der Waals surface area contributed by atoms with Crippen molar-refractivity contribution in [2.45, 2.75) is 6.42 Å². The summed E-state index contributed by atoms with van der Waals surface area (Å²) >= 11 is 11.3. The van der Waals surface area contributed by atoms with Crippen LogP contribution in [0.1, 0.15) is 6.42 Å². The first kappa shape index (κ1) is 14.4. The number of halogens is 2. The maximum Gasteiger partial charge on any atom is 0.264 e. The Morgan fingerprint density at radius 3 is 2.71 bits per heavy atom. The molecule has 0 aliphatic rings. The third kappa shape index (κ3) is 6.62. The minimum absolute atomic E-state index is 0.0485. The highest BCUT2D eigenvalue weighted by molar-refractivity contribution is 7.85. The zero-order valence-electron chi connectivity index (χ0n) is 8.98. The number of anilines is 1. The van der Waals surface area contributed by atoms with Gasteiger partial charge in [0.25, 0.3) is 10.1 Å². The van der Waals surface area contributed by atoms with E-state index in [1.54, 1.807) is 0 Å². The van der Waals surface area contributed by atoms with Gasteiger partial charge in [0.2, 0.25) is 5.28 Å². The molecule has 96 valence electrons. The number of rotatable bonds is 6. The molecule has 0 radical (unpaired) electrons. The summed E-state index contributed by atoms with van der Waals surface area (Å²) in [5.41, 5.74) is 0. The summed E-state index contributed by atoms with van der Waals surface area (Å²) in [6.45, 7) is 0.595. The minimum Gasteiger partial charge on any atom is -0.370 e. The molecule has 0 bridgehead atoms. The number of hydrogen-bond acceptors (Lipinski definition) is 6. The number of aromatic nitrogens is 2. The fraction of sp³-hybridized carbons (Fsp3) is 0.500. The smallest absolute Gasteiger partial charge is 0.264 e. The summed E-state index contributed by atoms with van der Waals surface area (Å²) in [6, 6.07) is 1.52. The van der Waals surface area contributed by atoms with E-state index in [0.717, 1.165) is 6.26 Å². The Morgan fingerprint density at radius 1 is 1.41 bits per heavy atom. The average Bonchev–Trinajstić information content (AvgIpc) is 2.13. The maximum absolute atomic E-state index is 10.7. The van der Waals surface area contributed by atoms with Gasteiger partial charge in [-0.05, 0) is 18.0 Å². The Bertz CT molecular complexity index is 461. The first-order valence-corrected chi connectivity index (χ1v) is 7.22. The van der Waals surface area contributed by atoms with Crippen molar-refractivity contribution in [3.05, 3.63) is 16.5 Å². The Balaban J connectivity index is 2.31. The highest BCUT2D eigenvalue weighted by atomic mass is 35.5. The van der Waals surface area contributed by atoms with Crippen LogP contribution in [0.5, 0.6) is 0 Å². The van der Waals surface area contributed by atoms with Gasteiger partial charge in [-0.3, -0.25) is 4.18 Å². The van der Waals surface area contributed by atoms with Crippen LogP contribution in [0.15, 0.2) is 6.07 Å². The SMILES string of the molecule is CS(=O)(=O)OCCCNc1cc(Cl)nc(Cl)n1. The van der Waals surface area contributed by atoms with Crippen LogP contribution in [0.25, 0.3) is 0 Å². The second-order valence-electron chi connectivity index (χ2n) is 3.15. The average molecular weight is 300 g/mol. The fourth-order valence-corrected chi connectivity index (χ4v) is 1.81. The molecule has 1 aromatic rings. The Kier molecular flexibility index (Phi) is 5.38. The quantitative estimate of drug-likeness (QED) is 0.372. The molecule has 0 aromatic carbocycles. The molecule has 0 amide bonds. The van der Waals surface area contributed by atoms with Gasteiger partial charge < -0.3 is 5.32 Å². The zero-order chi connectivity index (χ0) is 12.9. The molecule has 0 saturated carbocycles. The van der Waals surface area contributed by atoms with Crippen LogP contribution < -0.4 is 5.32 Å². The second-order valence-corrected chi connectivity index (χ2v) is 5.52. The van der Waals surface area contributed by atoms with Crippen LogP contribution in [0.3, 0.4) is 0 Å². The second kappa shape index (κ2) is 6.34. The molecule has 1 aromatic heterocycles. The van der Waals surface area contributed by atoms with Crippen molar-refractivity contribution in [2.75, 3.05) is 24.7 Å². The molecule has 0 spiro atoms. The van der Waals surface area contributed by atoms with E-state index in [-0.39, 0.29) is 17.0 Å². The van der Waals surface area contributed by atoms with Crippen molar-refractivity contribution in [1.29, 1.82) is 0 Å². The lowest BCUT2D eigenvalue weighted by atomic mass is 10.4. The fourth-order valence-electron chi connectivity index (χ4n) is 0.979. The van der Waals surface area contributed by atoms with E-state index in [1.807, 2.05) is 0 Å². The van der Waals surface area contributed by atoms with E-state index in [2.05, 4.69) is 19.5 Å². The van der Waals surface area contributed by atoms with Gasteiger partial charge in [0, 0.05) is 12.6 Å². The van der Waals surface area contributed by atoms with Gasteiger partial charge in [-0.15, -0.1) is 0 Å². The molecule has 0 fully saturated rings. The van der Waals surface area contributed by atoms with E-state index in [0.29, 0.717) is 18.8 Å². The first-order chi connectivity index (χ1) is 7.87. The predicted molar refractivity (Wildman–Crippen MR) is 66.0 cm³/mol. The van der Waals surface area contributed by atoms with Crippen molar-refractivity contribution in [1.82, 2.24) is 9.97 Å². The Hall–Kier alpha value is -0.630. The molecule has 0 saturated heterocycles. The summed E-state index contributed by atoms with van der Waals surface area (Å²) in [5, 5.41) is 3.20.